The van der Waals surface area contributed by atoms with Crippen molar-refractivity contribution in [2.45, 2.75) is 40.5 Å². The molecule has 0 atom stereocenters. The van der Waals surface area contributed by atoms with E-state index < -0.39 is 0 Å². The highest BCUT2D eigenvalue weighted by Gasteiger charge is 2.04. The van der Waals surface area contributed by atoms with Gasteiger partial charge in [0.2, 0.25) is 5.88 Å². The zero-order valence-corrected chi connectivity index (χ0v) is 11.3. The molecule has 4 heteroatoms. The van der Waals surface area contributed by atoms with Gasteiger partial charge in [0.25, 0.3) is 0 Å². The van der Waals surface area contributed by atoms with E-state index in [9.17, 15) is 0 Å². The Labute approximate surface area is 104 Å². The lowest BCUT2D eigenvalue weighted by Gasteiger charge is -2.11. The zero-order chi connectivity index (χ0) is 12.7. The second-order valence-electron chi connectivity index (χ2n) is 4.48. The predicted octanol–water partition coefficient (Wildman–Crippen LogP) is 2.90. The molecule has 4 nitrogen and oxygen atoms in total. The number of rotatable bonds is 7. The first-order chi connectivity index (χ1) is 8.15. The molecule has 0 unspecified atom stereocenters. The number of nitrogens with one attached hydrogen (secondary N) is 1. The minimum Gasteiger partial charge on any atom is -0.478 e. The molecule has 0 saturated carbocycles. The van der Waals surface area contributed by atoms with E-state index in [4.69, 9.17) is 4.74 Å². The summed E-state index contributed by atoms with van der Waals surface area (Å²) in [4.78, 5) is 8.77. The van der Waals surface area contributed by atoms with Gasteiger partial charge >= 0.3 is 0 Å². The fourth-order valence-electron chi connectivity index (χ4n) is 1.31. The highest BCUT2D eigenvalue weighted by molar-refractivity contribution is 5.38. The van der Waals surface area contributed by atoms with Crippen LogP contribution in [-0.2, 0) is 6.42 Å². The molecule has 0 aliphatic heterocycles. The third kappa shape index (κ3) is 5.02. The molecular formula is C13H23N3O. The van der Waals surface area contributed by atoms with Gasteiger partial charge in [-0.15, -0.1) is 0 Å². The lowest BCUT2D eigenvalue weighted by atomic mass is 10.2. The quantitative estimate of drug-likeness (QED) is 0.792. The Morgan fingerprint density at radius 3 is 2.65 bits per heavy atom. The van der Waals surface area contributed by atoms with Crippen molar-refractivity contribution in [1.82, 2.24) is 9.97 Å². The first-order valence-corrected chi connectivity index (χ1v) is 6.40. The summed E-state index contributed by atoms with van der Waals surface area (Å²) in [7, 11) is 0. The van der Waals surface area contributed by atoms with Gasteiger partial charge in [0, 0.05) is 19.0 Å². The standard InChI is InChI=1S/C13H23N3O/c1-5-7-17-13-8-12(14-9-10(3)4)15-11(6-2)16-13/h8,10H,5-7,9H2,1-4H3,(H,14,15,16). The maximum atomic E-state index is 5.55. The summed E-state index contributed by atoms with van der Waals surface area (Å²) < 4.78 is 5.55. The van der Waals surface area contributed by atoms with Crippen LogP contribution in [0.3, 0.4) is 0 Å². The van der Waals surface area contributed by atoms with Crippen molar-refractivity contribution in [3.8, 4) is 5.88 Å². The molecule has 0 fully saturated rings. The number of hydrogen-bond acceptors (Lipinski definition) is 4. The Morgan fingerprint density at radius 1 is 1.29 bits per heavy atom. The molecule has 0 aromatic carbocycles. The Bertz CT molecular complexity index is 339. The van der Waals surface area contributed by atoms with Crippen LogP contribution in [0.4, 0.5) is 5.82 Å². The van der Waals surface area contributed by atoms with Crippen LogP contribution in [0, 0.1) is 5.92 Å². The SMILES string of the molecule is CCCOc1cc(NCC(C)C)nc(CC)n1. The Balaban J connectivity index is 2.73. The molecule has 0 aliphatic rings. The van der Waals surface area contributed by atoms with Crippen LogP contribution in [-0.4, -0.2) is 23.1 Å². The fourth-order valence-corrected chi connectivity index (χ4v) is 1.31. The van der Waals surface area contributed by atoms with Crippen molar-refractivity contribution < 1.29 is 4.74 Å². The van der Waals surface area contributed by atoms with E-state index >= 15 is 0 Å². The van der Waals surface area contributed by atoms with Crippen LogP contribution in [0.5, 0.6) is 5.88 Å². The smallest absolute Gasteiger partial charge is 0.218 e. The molecule has 0 amide bonds. The van der Waals surface area contributed by atoms with Crippen LogP contribution in [0.25, 0.3) is 0 Å². The number of hydrogen-bond donors (Lipinski definition) is 1. The second kappa shape index (κ2) is 7.09. The third-order valence-corrected chi connectivity index (χ3v) is 2.21. The number of ether oxygens (including phenoxy) is 1. The summed E-state index contributed by atoms with van der Waals surface area (Å²) in [6.07, 6.45) is 1.81. The molecular weight excluding hydrogens is 214 g/mol. The van der Waals surface area contributed by atoms with Crippen LogP contribution in [0.1, 0.15) is 39.9 Å². The van der Waals surface area contributed by atoms with Crippen LogP contribution >= 0.6 is 0 Å². The summed E-state index contributed by atoms with van der Waals surface area (Å²) in [5.41, 5.74) is 0. The van der Waals surface area contributed by atoms with E-state index in [1.54, 1.807) is 0 Å². The van der Waals surface area contributed by atoms with Crippen LogP contribution in [0.2, 0.25) is 0 Å². The molecule has 1 N–H and O–H groups in total. The van der Waals surface area contributed by atoms with Crippen molar-refractivity contribution in [2.75, 3.05) is 18.5 Å². The van der Waals surface area contributed by atoms with Crippen molar-refractivity contribution in [3.63, 3.8) is 0 Å². The normalized spacial score (nSPS) is 10.6. The summed E-state index contributed by atoms with van der Waals surface area (Å²) in [5.74, 6) is 2.95. The Morgan fingerprint density at radius 2 is 2.06 bits per heavy atom. The molecule has 17 heavy (non-hydrogen) atoms. The van der Waals surface area contributed by atoms with Gasteiger partial charge in [-0.25, -0.2) is 4.98 Å². The molecule has 1 rings (SSSR count). The van der Waals surface area contributed by atoms with Gasteiger partial charge in [-0.2, -0.15) is 4.98 Å². The van der Waals surface area contributed by atoms with Crippen LogP contribution < -0.4 is 10.1 Å². The van der Waals surface area contributed by atoms with Gasteiger partial charge in [0.05, 0.1) is 6.61 Å². The fraction of sp³-hybridized carbons (Fsp3) is 0.692. The van der Waals surface area contributed by atoms with Crippen molar-refractivity contribution in [1.29, 1.82) is 0 Å². The molecule has 0 spiro atoms. The van der Waals surface area contributed by atoms with E-state index in [0.717, 1.165) is 31.0 Å². The number of aryl methyl sites for hydroxylation is 1. The van der Waals surface area contributed by atoms with E-state index in [0.29, 0.717) is 18.4 Å². The predicted molar refractivity (Wildman–Crippen MR) is 70.5 cm³/mol. The maximum Gasteiger partial charge on any atom is 0.218 e. The molecule has 0 saturated heterocycles. The minimum absolute atomic E-state index is 0.593. The molecule has 0 bridgehead atoms. The minimum atomic E-state index is 0.593. The van der Waals surface area contributed by atoms with Crippen molar-refractivity contribution >= 4 is 5.82 Å². The van der Waals surface area contributed by atoms with Gasteiger partial charge in [-0.1, -0.05) is 27.7 Å². The summed E-state index contributed by atoms with van der Waals surface area (Å²) in [5, 5.41) is 3.30. The average Bonchev–Trinajstić information content (AvgIpc) is 2.33. The molecule has 1 aromatic rings. The number of nitrogens with zero attached hydrogens (tertiary/aromatic N) is 2. The number of aromatic nitrogens is 2. The summed E-state index contributed by atoms with van der Waals surface area (Å²) >= 11 is 0. The zero-order valence-electron chi connectivity index (χ0n) is 11.3. The lowest BCUT2D eigenvalue weighted by Crippen LogP contribution is -2.11. The molecule has 96 valence electrons. The van der Waals surface area contributed by atoms with Crippen molar-refractivity contribution in [3.05, 3.63) is 11.9 Å². The van der Waals surface area contributed by atoms with E-state index in [2.05, 4.69) is 36.1 Å². The highest BCUT2D eigenvalue weighted by atomic mass is 16.5. The largest absolute Gasteiger partial charge is 0.478 e. The Hall–Kier alpha value is -1.32. The first kappa shape index (κ1) is 13.7. The van der Waals surface area contributed by atoms with Crippen molar-refractivity contribution in [2.24, 2.45) is 5.92 Å². The van der Waals surface area contributed by atoms with Gasteiger partial charge in [0.15, 0.2) is 0 Å². The summed E-state index contributed by atoms with van der Waals surface area (Å²) in [6, 6.07) is 1.87. The molecule has 1 heterocycles. The Kier molecular flexibility index (Phi) is 5.73. The van der Waals surface area contributed by atoms with Gasteiger partial charge in [-0.05, 0) is 12.3 Å². The van der Waals surface area contributed by atoms with Gasteiger partial charge < -0.3 is 10.1 Å². The monoisotopic (exact) mass is 237 g/mol. The van der Waals surface area contributed by atoms with E-state index in [-0.39, 0.29) is 0 Å². The maximum absolute atomic E-state index is 5.55. The van der Waals surface area contributed by atoms with Gasteiger partial charge in [-0.3, -0.25) is 0 Å². The molecule has 1 aromatic heterocycles. The lowest BCUT2D eigenvalue weighted by molar-refractivity contribution is 0.304. The average molecular weight is 237 g/mol. The highest BCUT2D eigenvalue weighted by Crippen LogP contribution is 2.14. The first-order valence-electron chi connectivity index (χ1n) is 6.40. The topological polar surface area (TPSA) is 47.0 Å². The van der Waals surface area contributed by atoms with E-state index in [1.165, 1.54) is 0 Å². The van der Waals surface area contributed by atoms with Gasteiger partial charge in [0.1, 0.15) is 11.6 Å². The third-order valence-electron chi connectivity index (χ3n) is 2.21. The van der Waals surface area contributed by atoms with Crippen LogP contribution in [0.15, 0.2) is 6.07 Å². The summed E-state index contributed by atoms with van der Waals surface area (Å²) in [6.45, 7) is 10.1. The molecule has 0 aliphatic carbocycles. The molecule has 0 radical (unpaired) electrons. The second-order valence-corrected chi connectivity index (χ2v) is 4.48. The number of anilines is 1. The van der Waals surface area contributed by atoms with E-state index in [1.807, 2.05) is 13.0 Å².